The first-order chi connectivity index (χ1) is 9.56. The summed E-state index contributed by atoms with van der Waals surface area (Å²) in [5.74, 6) is -0.880. The van der Waals surface area contributed by atoms with Gasteiger partial charge in [0.25, 0.3) is 0 Å². The highest BCUT2D eigenvalue weighted by atomic mass is 16.4. The Kier molecular flexibility index (Phi) is 7.36. The minimum atomic E-state index is -0.880. The van der Waals surface area contributed by atoms with E-state index in [9.17, 15) is 9.59 Å². The molecule has 20 heavy (non-hydrogen) atoms. The van der Waals surface area contributed by atoms with Gasteiger partial charge in [0.15, 0.2) is 0 Å². The van der Waals surface area contributed by atoms with Crippen molar-refractivity contribution in [1.29, 1.82) is 0 Å². The molecule has 0 aromatic heterocycles. The molecule has 1 unspecified atom stereocenters. The second kappa shape index (κ2) is 8.79. The highest BCUT2D eigenvalue weighted by Crippen LogP contribution is 2.25. The third kappa shape index (κ3) is 6.75. The molecule has 3 N–H and O–H groups in total. The summed E-state index contributed by atoms with van der Waals surface area (Å²) in [5.41, 5.74) is 0. The first kappa shape index (κ1) is 16.8. The molecule has 1 fully saturated rings. The van der Waals surface area contributed by atoms with Gasteiger partial charge in [-0.2, -0.15) is 0 Å². The van der Waals surface area contributed by atoms with Gasteiger partial charge in [0.05, 0.1) is 6.42 Å². The maximum atomic E-state index is 11.7. The summed E-state index contributed by atoms with van der Waals surface area (Å²) in [6.07, 6.45) is 4.03. The van der Waals surface area contributed by atoms with E-state index in [1.807, 2.05) is 6.92 Å². The third-order valence-corrected chi connectivity index (χ3v) is 3.55. The second-order valence-corrected chi connectivity index (χ2v) is 5.34. The first-order valence-electron chi connectivity index (χ1n) is 7.57. The molecule has 0 aromatic rings. The fourth-order valence-corrected chi connectivity index (χ4v) is 2.37. The van der Waals surface area contributed by atoms with Crippen LogP contribution in [0.1, 0.15) is 46.0 Å². The summed E-state index contributed by atoms with van der Waals surface area (Å²) in [4.78, 5) is 24.8. The lowest BCUT2D eigenvalue weighted by Crippen LogP contribution is -2.45. The lowest BCUT2D eigenvalue weighted by Gasteiger charge is -2.21. The molecular weight excluding hydrogens is 258 g/mol. The Bertz CT molecular complexity index is 319. The summed E-state index contributed by atoms with van der Waals surface area (Å²) in [6.45, 7) is 6.56. The molecule has 0 saturated heterocycles. The van der Waals surface area contributed by atoms with Crippen LogP contribution in [0.4, 0.5) is 4.79 Å². The highest BCUT2D eigenvalue weighted by Gasteiger charge is 2.27. The van der Waals surface area contributed by atoms with Crippen LogP contribution in [0.3, 0.4) is 0 Å². The van der Waals surface area contributed by atoms with E-state index in [4.69, 9.17) is 5.11 Å². The van der Waals surface area contributed by atoms with Gasteiger partial charge in [-0.1, -0.05) is 20.3 Å². The van der Waals surface area contributed by atoms with Gasteiger partial charge in [0, 0.05) is 25.2 Å². The van der Waals surface area contributed by atoms with Gasteiger partial charge in [0.2, 0.25) is 0 Å². The number of likely N-dealkylation sites (N-methyl/N-ethyl adjacent to an activating group) is 1. The van der Waals surface area contributed by atoms with Gasteiger partial charge in [0.1, 0.15) is 0 Å². The van der Waals surface area contributed by atoms with Gasteiger partial charge < -0.3 is 15.7 Å². The summed E-state index contributed by atoms with van der Waals surface area (Å²) >= 11 is 0. The summed E-state index contributed by atoms with van der Waals surface area (Å²) in [6, 6.07) is 0.143. The Morgan fingerprint density at radius 3 is 2.55 bits per heavy atom. The van der Waals surface area contributed by atoms with Crippen molar-refractivity contribution >= 4 is 12.0 Å². The van der Waals surface area contributed by atoms with E-state index in [-0.39, 0.29) is 18.5 Å². The zero-order chi connectivity index (χ0) is 15.0. The number of hydrogen-bond acceptors (Lipinski definition) is 3. The molecule has 0 radical (unpaired) electrons. The van der Waals surface area contributed by atoms with Crippen molar-refractivity contribution in [3.8, 4) is 0 Å². The summed E-state index contributed by atoms with van der Waals surface area (Å²) in [7, 11) is 0. The molecule has 116 valence electrons. The average molecular weight is 285 g/mol. The van der Waals surface area contributed by atoms with E-state index in [1.165, 1.54) is 12.8 Å². The van der Waals surface area contributed by atoms with Gasteiger partial charge in [-0.25, -0.2) is 4.79 Å². The number of aliphatic carboxylic acids is 1. The predicted octanol–water partition coefficient (Wildman–Crippen LogP) is 1.41. The van der Waals surface area contributed by atoms with Gasteiger partial charge in [-0.05, 0) is 25.8 Å². The highest BCUT2D eigenvalue weighted by molar-refractivity contribution is 5.75. The number of urea groups is 1. The fraction of sp³-hybridized carbons (Fsp3) is 0.857. The molecule has 1 rings (SSSR count). The van der Waals surface area contributed by atoms with Gasteiger partial charge >= 0.3 is 12.0 Å². The minimum absolute atomic E-state index is 0.0234. The molecule has 0 bridgehead atoms. The monoisotopic (exact) mass is 285 g/mol. The number of nitrogens with zero attached hydrogens (tertiary/aromatic N) is 1. The zero-order valence-electron chi connectivity index (χ0n) is 12.5. The number of carboxylic acid groups (broad SMARTS) is 1. The van der Waals surface area contributed by atoms with Gasteiger partial charge in [-0.15, -0.1) is 0 Å². The Morgan fingerprint density at radius 1 is 1.35 bits per heavy atom. The van der Waals surface area contributed by atoms with Crippen LogP contribution in [-0.2, 0) is 4.79 Å². The number of amides is 2. The van der Waals surface area contributed by atoms with Crippen molar-refractivity contribution in [2.45, 2.75) is 58.0 Å². The van der Waals surface area contributed by atoms with Gasteiger partial charge in [-0.3, -0.25) is 9.69 Å². The molecule has 2 amide bonds. The van der Waals surface area contributed by atoms with Crippen molar-refractivity contribution in [3.63, 3.8) is 0 Å². The molecular formula is C14H27N3O3. The zero-order valence-corrected chi connectivity index (χ0v) is 12.5. The van der Waals surface area contributed by atoms with E-state index in [0.717, 1.165) is 19.5 Å². The molecule has 1 aliphatic rings. The summed E-state index contributed by atoms with van der Waals surface area (Å²) < 4.78 is 0. The Hall–Kier alpha value is -1.30. The van der Waals surface area contributed by atoms with Crippen LogP contribution >= 0.6 is 0 Å². The predicted molar refractivity (Wildman–Crippen MR) is 77.8 cm³/mol. The number of carboxylic acids is 1. The smallest absolute Gasteiger partial charge is 0.315 e. The summed E-state index contributed by atoms with van der Waals surface area (Å²) in [5, 5.41) is 14.3. The van der Waals surface area contributed by atoms with Crippen LogP contribution < -0.4 is 10.6 Å². The van der Waals surface area contributed by atoms with Crippen molar-refractivity contribution < 1.29 is 14.7 Å². The third-order valence-electron chi connectivity index (χ3n) is 3.55. The molecule has 0 aliphatic heterocycles. The van der Waals surface area contributed by atoms with E-state index in [2.05, 4.69) is 22.5 Å². The Labute approximate surface area is 120 Å². The largest absolute Gasteiger partial charge is 0.481 e. The second-order valence-electron chi connectivity index (χ2n) is 5.34. The lowest BCUT2D eigenvalue weighted by molar-refractivity contribution is -0.137. The molecule has 1 atom stereocenters. The van der Waals surface area contributed by atoms with Crippen LogP contribution in [0.2, 0.25) is 0 Å². The Morgan fingerprint density at radius 2 is 2.05 bits per heavy atom. The minimum Gasteiger partial charge on any atom is -0.481 e. The topological polar surface area (TPSA) is 81.7 Å². The number of nitrogens with one attached hydrogen (secondary N) is 2. The Balaban J connectivity index is 2.21. The van der Waals surface area contributed by atoms with E-state index >= 15 is 0 Å². The number of rotatable bonds is 10. The molecule has 0 spiro atoms. The molecule has 0 heterocycles. The van der Waals surface area contributed by atoms with Crippen molar-refractivity contribution in [3.05, 3.63) is 0 Å². The van der Waals surface area contributed by atoms with Crippen LogP contribution in [0.5, 0.6) is 0 Å². The van der Waals surface area contributed by atoms with Crippen molar-refractivity contribution in [2.75, 3.05) is 19.6 Å². The molecule has 1 saturated carbocycles. The number of hydrogen-bond donors (Lipinski definition) is 3. The number of carbonyl (C=O) groups excluding carboxylic acids is 1. The van der Waals surface area contributed by atoms with Crippen LogP contribution in [0.15, 0.2) is 0 Å². The maximum absolute atomic E-state index is 11.7. The molecule has 0 aromatic carbocycles. The standard InChI is InChI=1S/C14H27N3O3/c1-3-5-11(10-13(18)19)16-14(20)15-8-9-17(4-2)12-6-7-12/h11-12H,3-10H2,1-2H3,(H,18,19)(H2,15,16,20). The van der Waals surface area contributed by atoms with Crippen LogP contribution in [0.25, 0.3) is 0 Å². The van der Waals surface area contributed by atoms with Crippen molar-refractivity contribution in [2.24, 2.45) is 0 Å². The number of carbonyl (C=O) groups is 2. The van der Waals surface area contributed by atoms with E-state index in [0.29, 0.717) is 19.0 Å². The van der Waals surface area contributed by atoms with Crippen LogP contribution in [0, 0.1) is 0 Å². The van der Waals surface area contributed by atoms with E-state index in [1.54, 1.807) is 0 Å². The normalized spacial score (nSPS) is 15.9. The SMILES string of the molecule is CCCC(CC(=O)O)NC(=O)NCCN(CC)C1CC1. The van der Waals surface area contributed by atoms with E-state index < -0.39 is 5.97 Å². The first-order valence-corrected chi connectivity index (χ1v) is 7.57. The maximum Gasteiger partial charge on any atom is 0.315 e. The average Bonchev–Trinajstić information content (AvgIpc) is 3.18. The fourth-order valence-electron chi connectivity index (χ4n) is 2.37. The molecule has 1 aliphatic carbocycles. The molecule has 6 heteroatoms. The quantitative estimate of drug-likeness (QED) is 0.567. The van der Waals surface area contributed by atoms with Crippen LogP contribution in [-0.4, -0.2) is 53.7 Å². The molecule has 6 nitrogen and oxygen atoms in total. The van der Waals surface area contributed by atoms with Crippen molar-refractivity contribution in [1.82, 2.24) is 15.5 Å². The lowest BCUT2D eigenvalue weighted by atomic mass is 10.1.